The fraction of sp³-hybridized carbons (Fsp3) is 0.615. The Morgan fingerprint density at radius 2 is 2.15 bits per heavy atom. The van der Waals surface area contributed by atoms with E-state index in [1.807, 2.05) is 19.3 Å². The van der Waals surface area contributed by atoms with Gasteiger partial charge >= 0.3 is 6.03 Å². The minimum atomic E-state index is -0.463. The number of amides is 3. The number of urea groups is 1. The van der Waals surface area contributed by atoms with Gasteiger partial charge in [-0.25, -0.2) is 4.79 Å². The Hall–Kier alpha value is -1.89. The fourth-order valence-electron chi connectivity index (χ4n) is 2.55. The van der Waals surface area contributed by atoms with Gasteiger partial charge in [0, 0.05) is 13.2 Å². The molecular weight excluding hydrogens is 258 g/mol. The first-order valence-electron chi connectivity index (χ1n) is 6.87. The van der Waals surface area contributed by atoms with Gasteiger partial charge < -0.3 is 5.32 Å². The molecule has 0 saturated carbocycles. The molecule has 1 aliphatic rings. The summed E-state index contributed by atoms with van der Waals surface area (Å²) in [6, 6.07) is -0.757. The van der Waals surface area contributed by atoms with E-state index in [-0.39, 0.29) is 11.9 Å². The van der Waals surface area contributed by atoms with Crippen LogP contribution in [0.5, 0.6) is 0 Å². The molecule has 0 radical (unpaired) electrons. The third-order valence-corrected chi connectivity index (χ3v) is 3.91. The summed E-state index contributed by atoms with van der Waals surface area (Å²) in [4.78, 5) is 25.1. The maximum absolute atomic E-state index is 11.9. The second-order valence-corrected chi connectivity index (χ2v) is 5.09. The van der Waals surface area contributed by atoms with Gasteiger partial charge in [-0.15, -0.1) is 0 Å². The predicted molar refractivity (Wildman–Crippen MR) is 74.2 cm³/mol. The van der Waals surface area contributed by atoms with Gasteiger partial charge in [0.1, 0.15) is 0 Å². The van der Waals surface area contributed by atoms with E-state index in [9.17, 15) is 9.59 Å². The lowest BCUT2D eigenvalue weighted by atomic mass is 9.91. The van der Waals surface area contributed by atoms with Gasteiger partial charge in [0.25, 0.3) is 0 Å². The molecule has 20 heavy (non-hydrogen) atoms. The Morgan fingerprint density at radius 3 is 2.70 bits per heavy atom. The van der Waals surface area contributed by atoms with Crippen molar-refractivity contribution in [3.8, 4) is 0 Å². The van der Waals surface area contributed by atoms with E-state index in [1.165, 1.54) is 12.6 Å². The summed E-state index contributed by atoms with van der Waals surface area (Å²) in [6.45, 7) is 3.52. The molecule has 1 saturated heterocycles. The van der Waals surface area contributed by atoms with E-state index in [0.29, 0.717) is 5.92 Å². The smallest absolute Gasteiger partial charge is 0.321 e. The van der Waals surface area contributed by atoms with Crippen molar-refractivity contribution in [2.75, 3.05) is 20.1 Å². The molecule has 1 fully saturated rings. The normalized spacial score (nSPS) is 18.5. The van der Waals surface area contributed by atoms with E-state index in [0.717, 1.165) is 25.9 Å². The Bertz CT molecular complexity index is 451. The molecule has 7 nitrogen and oxygen atoms in total. The summed E-state index contributed by atoms with van der Waals surface area (Å²) in [7, 11) is 1.49. The number of nitrogens with one attached hydrogen (secondary N) is 3. The largest absolute Gasteiger partial charge is 0.341 e. The molecule has 0 bridgehead atoms. The monoisotopic (exact) mass is 279 g/mol. The summed E-state index contributed by atoms with van der Waals surface area (Å²) in [5.41, 5.74) is 1.23. The van der Waals surface area contributed by atoms with Crippen LogP contribution in [0, 0.1) is 0 Å². The number of rotatable bonds is 3. The van der Waals surface area contributed by atoms with Gasteiger partial charge in [-0.1, -0.05) is 0 Å². The number of aromatic amines is 1. The highest BCUT2D eigenvalue weighted by atomic mass is 16.2. The van der Waals surface area contributed by atoms with E-state index in [2.05, 4.69) is 25.7 Å². The lowest BCUT2D eigenvalue weighted by Gasteiger charge is -2.34. The lowest BCUT2D eigenvalue weighted by Crippen LogP contribution is -2.50. The zero-order valence-corrected chi connectivity index (χ0v) is 11.8. The van der Waals surface area contributed by atoms with Crippen LogP contribution >= 0.6 is 0 Å². The predicted octanol–water partition coefficient (Wildman–Crippen LogP) is 0.433. The highest BCUT2D eigenvalue weighted by Gasteiger charge is 2.28. The average molecular weight is 279 g/mol. The highest BCUT2D eigenvalue weighted by molar-refractivity contribution is 5.96. The lowest BCUT2D eigenvalue weighted by molar-refractivity contribution is -0.125. The molecule has 1 aliphatic heterocycles. The number of carbonyl (C=O) groups is 2. The van der Waals surface area contributed by atoms with Crippen LogP contribution in [0.15, 0.2) is 12.4 Å². The molecule has 7 heteroatoms. The van der Waals surface area contributed by atoms with E-state index >= 15 is 0 Å². The number of hydrogen-bond acceptors (Lipinski definition) is 4. The Labute approximate surface area is 118 Å². The van der Waals surface area contributed by atoms with Crippen molar-refractivity contribution in [3.63, 3.8) is 0 Å². The minimum absolute atomic E-state index is 0.258. The van der Waals surface area contributed by atoms with Crippen LogP contribution in [0.25, 0.3) is 0 Å². The Morgan fingerprint density at radius 1 is 1.45 bits per heavy atom. The molecule has 1 aromatic rings. The summed E-state index contributed by atoms with van der Waals surface area (Å²) < 4.78 is 0. The summed E-state index contributed by atoms with van der Waals surface area (Å²) in [5, 5.41) is 11.5. The summed E-state index contributed by atoms with van der Waals surface area (Å²) in [5.74, 6) is 0.241. The molecule has 3 amide bonds. The van der Waals surface area contributed by atoms with Crippen LogP contribution in [-0.2, 0) is 4.79 Å². The van der Waals surface area contributed by atoms with Crippen LogP contribution in [0.2, 0.25) is 0 Å². The number of likely N-dealkylation sites (tertiary alicyclic amines) is 1. The van der Waals surface area contributed by atoms with Gasteiger partial charge in [0.2, 0.25) is 5.91 Å². The number of imide groups is 1. The van der Waals surface area contributed by atoms with Crippen LogP contribution in [0.4, 0.5) is 4.79 Å². The average Bonchev–Trinajstić information content (AvgIpc) is 3.00. The molecule has 0 spiro atoms. The summed E-state index contributed by atoms with van der Waals surface area (Å²) in [6.07, 6.45) is 5.79. The van der Waals surface area contributed by atoms with Crippen molar-refractivity contribution in [2.45, 2.75) is 31.7 Å². The first kappa shape index (κ1) is 14.5. The van der Waals surface area contributed by atoms with Gasteiger partial charge in [-0.3, -0.25) is 20.1 Å². The quantitative estimate of drug-likeness (QED) is 0.748. The topological polar surface area (TPSA) is 90.1 Å². The van der Waals surface area contributed by atoms with Crippen LogP contribution in [-0.4, -0.2) is 53.2 Å². The molecule has 2 rings (SSSR count). The van der Waals surface area contributed by atoms with Crippen molar-refractivity contribution < 1.29 is 9.59 Å². The third-order valence-electron chi connectivity index (χ3n) is 3.91. The molecule has 1 aromatic heterocycles. The molecule has 110 valence electrons. The van der Waals surface area contributed by atoms with E-state index in [4.69, 9.17) is 0 Å². The number of piperidine rings is 1. The second kappa shape index (κ2) is 6.51. The zero-order valence-electron chi connectivity index (χ0n) is 11.8. The zero-order chi connectivity index (χ0) is 14.5. The SMILES string of the molecule is CNC(=O)NC(=O)[C@H](C)N1CCC(c2cn[nH]c2)CC1. The third kappa shape index (κ3) is 3.36. The molecule has 1 atom stereocenters. The number of carbonyl (C=O) groups excluding carboxylic acids is 2. The maximum Gasteiger partial charge on any atom is 0.321 e. The second-order valence-electron chi connectivity index (χ2n) is 5.09. The first-order valence-corrected chi connectivity index (χ1v) is 6.87. The Balaban J connectivity index is 1.84. The number of hydrogen-bond donors (Lipinski definition) is 3. The number of nitrogens with zero attached hydrogens (tertiary/aromatic N) is 2. The maximum atomic E-state index is 11.9. The molecular formula is C13H21N5O2. The van der Waals surface area contributed by atoms with Gasteiger partial charge in [0.15, 0.2) is 0 Å². The number of aromatic nitrogens is 2. The highest BCUT2D eigenvalue weighted by Crippen LogP contribution is 2.27. The molecule has 2 heterocycles. The van der Waals surface area contributed by atoms with Crippen molar-refractivity contribution in [2.24, 2.45) is 0 Å². The Kier molecular flexibility index (Phi) is 4.73. The van der Waals surface area contributed by atoms with Crippen LogP contribution in [0.3, 0.4) is 0 Å². The molecule has 3 N–H and O–H groups in total. The van der Waals surface area contributed by atoms with Gasteiger partial charge in [-0.2, -0.15) is 5.10 Å². The molecule has 0 unspecified atom stereocenters. The minimum Gasteiger partial charge on any atom is -0.341 e. The van der Waals surface area contributed by atoms with Crippen LogP contribution in [0.1, 0.15) is 31.2 Å². The van der Waals surface area contributed by atoms with Crippen molar-refractivity contribution in [1.82, 2.24) is 25.7 Å². The van der Waals surface area contributed by atoms with Crippen molar-refractivity contribution >= 4 is 11.9 Å². The fourth-order valence-corrected chi connectivity index (χ4v) is 2.55. The van der Waals surface area contributed by atoms with Gasteiger partial charge in [-0.05, 0) is 44.3 Å². The van der Waals surface area contributed by atoms with Crippen molar-refractivity contribution in [3.05, 3.63) is 18.0 Å². The van der Waals surface area contributed by atoms with E-state index < -0.39 is 6.03 Å². The first-order chi connectivity index (χ1) is 9.61. The van der Waals surface area contributed by atoms with E-state index in [1.54, 1.807) is 0 Å². The standard InChI is InChI=1S/C13H21N5O2/c1-9(12(19)17-13(20)14-2)18-5-3-10(4-6-18)11-7-15-16-8-11/h7-10H,3-6H2,1-2H3,(H,15,16)(H2,14,17,19,20)/t9-/m0/s1. The van der Waals surface area contributed by atoms with Crippen LogP contribution < -0.4 is 10.6 Å². The van der Waals surface area contributed by atoms with Crippen molar-refractivity contribution in [1.29, 1.82) is 0 Å². The summed E-state index contributed by atoms with van der Waals surface area (Å²) >= 11 is 0. The number of H-pyrrole nitrogens is 1. The van der Waals surface area contributed by atoms with Gasteiger partial charge in [0.05, 0.1) is 12.2 Å². The molecule has 0 aromatic carbocycles. The molecule has 0 aliphatic carbocycles.